The van der Waals surface area contributed by atoms with E-state index in [-0.39, 0.29) is 11.9 Å². The summed E-state index contributed by atoms with van der Waals surface area (Å²) in [6.07, 6.45) is 0. The third-order valence-corrected chi connectivity index (χ3v) is 6.78. The van der Waals surface area contributed by atoms with Crippen LogP contribution >= 0.6 is 11.8 Å². The Morgan fingerprint density at radius 3 is 2.19 bits per heavy atom. The summed E-state index contributed by atoms with van der Waals surface area (Å²) in [5.74, 6) is 2.07. The Bertz CT molecular complexity index is 1060. The van der Waals surface area contributed by atoms with Crippen LogP contribution in [0.3, 0.4) is 0 Å². The summed E-state index contributed by atoms with van der Waals surface area (Å²) in [6.45, 7) is 10.5. The standard InChI is InChI=1S/C28H33NO2S/c1-18(2)25-16-26(20(4)15-27(25)31-6)21(5)29-28(30)23-11-9-22(10-12-23)17-32-24-13-7-19(3)8-14-24/h7-16,18,21H,17H2,1-6H3,(H,29,30). The molecule has 3 aromatic rings. The molecule has 0 radical (unpaired) electrons. The van der Waals surface area contributed by atoms with E-state index in [4.69, 9.17) is 4.74 Å². The normalized spacial score (nSPS) is 12.0. The lowest BCUT2D eigenvalue weighted by molar-refractivity contribution is 0.0940. The topological polar surface area (TPSA) is 38.3 Å². The number of rotatable bonds is 8. The number of ether oxygens (including phenoxy) is 1. The van der Waals surface area contributed by atoms with Crippen molar-refractivity contribution in [3.8, 4) is 5.75 Å². The van der Waals surface area contributed by atoms with Gasteiger partial charge in [0.05, 0.1) is 13.2 Å². The first-order valence-electron chi connectivity index (χ1n) is 11.1. The Morgan fingerprint density at radius 2 is 1.59 bits per heavy atom. The molecule has 32 heavy (non-hydrogen) atoms. The summed E-state index contributed by atoms with van der Waals surface area (Å²) < 4.78 is 5.55. The van der Waals surface area contributed by atoms with Crippen molar-refractivity contribution in [2.45, 2.75) is 57.2 Å². The van der Waals surface area contributed by atoms with E-state index in [1.54, 1.807) is 18.9 Å². The molecule has 0 aliphatic rings. The summed E-state index contributed by atoms with van der Waals surface area (Å²) >= 11 is 1.80. The SMILES string of the molecule is COc1cc(C)c(C(C)NC(=O)c2ccc(CSc3ccc(C)cc3)cc2)cc1C(C)C. The molecular weight excluding hydrogens is 414 g/mol. The minimum absolute atomic E-state index is 0.0587. The largest absolute Gasteiger partial charge is 0.496 e. The van der Waals surface area contributed by atoms with Gasteiger partial charge in [0, 0.05) is 16.2 Å². The Balaban J connectivity index is 1.65. The summed E-state index contributed by atoms with van der Waals surface area (Å²) in [4.78, 5) is 14.1. The van der Waals surface area contributed by atoms with Gasteiger partial charge in [-0.15, -0.1) is 11.8 Å². The van der Waals surface area contributed by atoms with Gasteiger partial charge in [0.15, 0.2) is 0 Å². The summed E-state index contributed by atoms with van der Waals surface area (Å²) in [6, 6.07) is 20.6. The number of carbonyl (C=O) groups is 1. The fourth-order valence-corrected chi connectivity index (χ4v) is 4.58. The van der Waals surface area contributed by atoms with E-state index in [1.165, 1.54) is 16.0 Å². The van der Waals surface area contributed by atoms with Gasteiger partial charge in [-0.1, -0.05) is 43.7 Å². The molecule has 1 N–H and O–H groups in total. The smallest absolute Gasteiger partial charge is 0.251 e. The molecule has 4 heteroatoms. The van der Waals surface area contributed by atoms with Gasteiger partial charge >= 0.3 is 0 Å². The van der Waals surface area contributed by atoms with Crippen LogP contribution in [0.5, 0.6) is 5.75 Å². The number of carbonyl (C=O) groups excluding carboxylic acids is 1. The highest BCUT2D eigenvalue weighted by molar-refractivity contribution is 7.98. The molecule has 1 amide bonds. The third-order valence-electron chi connectivity index (χ3n) is 5.70. The molecule has 0 spiro atoms. The minimum Gasteiger partial charge on any atom is -0.496 e. The van der Waals surface area contributed by atoms with Gasteiger partial charge in [0.25, 0.3) is 5.91 Å². The lowest BCUT2D eigenvalue weighted by Gasteiger charge is -2.21. The van der Waals surface area contributed by atoms with Gasteiger partial charge in [0.2, 0.25) is 0 Å². The molecule has 3 nitrogen and oxygen atoms in total. The van der Waals surface area contributed by atoms with Crippen LogP contribution in [0.15, 0.2) is 65.6 Å². The quantitative estimate of drug-likeness (QED) is 0.371. The molecule has 1 atom stereocenters. The van der Waals surface area contributed by atoms with E-state index in [0.29, 0.717) is 11.5 Å². The highest BCUT2D eigenvalue weighted by Crippen LogP contribution is 2.32. The fourth-order valence-electron chi connectivity index (χ4n) is 3.72. The Kier molecular flexibility index (Phi) is 8.03. The Hall–Kier alpha value is -2.72. The first-order valence-corrected chi connectivity index (χ1v) is 12.0. The van der Waals surface area contributed by atoms with Crippen molar-refractivity contribution >= 4 is 17.7 Å². The first kappa shape index (κ1) is 23.9. The minimum atomic E-state index is -0.0947. The number of aryl methyl sites for hydroxylation is 2. The zero-order valence-corrected chi connectivity index (χ0v) is 20.7. The molecule has 0 aliphatic heterocycles. The average Bonchev–Trinajstić information content (AvgIpc) is 2.78. The first-order chi connectivity index (χ1) is 15.3. The summed E-state index contributed by atoms with van der Waals surface area (Å²) in [7, 11) is 1.70. The van der Waals surface area contributed by atoms with Crippen molar-refractivity contribution in [3.63, 3.8) is 0 Å². The molecule has 0 saturated carbocycles. The second-order valence-corrected chi connectivity index (χ2v) is 9.65. The Labute approximate surface area is 196 Å². The van der Waals surface area contributed by atoms with E-state index in [9.17, 15) is 4.79 Å². The number of hydrogen-bond acceptors (Lipinski definition) is 3. The zero-order valence-electron chi connectivity index (χ0n) is 19.9. The highest BCUT2D eigenvalue weighted by atomic mass is 32.2. The molecular formula is C28H33NO2S. The van der Waals surface area contributed by atoms with E-state index < -0.39 is 0 Å². The second kappa shape index (κ2) is 10.7. The van der Waals surface area contributed by atoms with E-state index in [2.05, 4.69) is 69.4 Å². The van der Waals surface area contributed by atoms with Crippen LogP contribution in [0.25, 0.3) is 0 Å². The molecule has 0 aromatic heterocycles. The van der Waals surface area contributed by atoms with Gasteiger partial charge in [0.1, 0.15) is 5.75 Å². The van der Waals surface area contributed by atoms with Crippen molar-refractivity contribution in [3.05, 3.63) is 94.0 Å². The molecule has 0 heterocycles. The van der Waals surface area contributed by atoms with E-state index in [0.717, 1.165) is 28.2 Å². The van der Waals surface area contributed by atoms with Gasteiger partial charge in [-0.25, -0.2) is 0 Å². The van der Waals surface area contributed by atoms with Crippen molar-refractivity contribution in [1.82, 2.24) is 5.32 Å². The number of nitrogens with one attached hydrogen (secondary N) is 1. The number of amides is 1. The van der Waals surface area contributed by atoms with Crippen LogP contribution in [0.1, 0.15) is 70.9 Å². The van der Waals surface area contributed by atoms with Crippen LogP contribution in [-0.4, -0.2) is 13.0 Å². The monoisotopic (exact) mass is 447 g/mol. The van der Waals surface area contributed by atoms with Crippen molar-refractivity contribution < 1.29 is 9.53 Å². The summed E-state index contributed by atoms with van der Waals surface area (Å²) in [5.41, 5.74) is 6.54. The maximum Gasteiger partial charge on any atom is 0.251 e. The molecule has 3 aromatic carbocycles. The van der Waals surface area contributed by atoms with Gasteiger partial charge in [-0.05, 0) is 85.3 Å². The predicted molar refractivity (Wildman–Crippen MR) is 135 cm³/mol. The maximum atomic E-state index is 12.9. The number of thioether (sulfide) groups is 1. The van der Waals surface area contributed by atoms with Crippen LogP contribution in [0, 0.1) is 13.8 Å². The lowest BCUT2D eigenvalue weighted by atomic mass is 9.93. The number of hydrogen-bond donors (Lipinski definition) is 1. The van der Waals surface area contributed by atoms with Gasteiger partial charge in [-0.3, -0.25) is 4.79 Å². The number of benzene rings is 3. The predicted octanol–water partition coefficient (Wildman–Crippen LogP) is 7.22. The van der Waals surface area contributed by atoms with Crippen molar-refractivity contribution in [1.29, 1.82) is 0 Å². The molecule has 0 saturated heterocycles. The molecule has 168 valence electrons. The van der Waals surface area contributed by atoms with Gasteiger partial charge in [-0.2, -0.15) is 0 Å². The zero-order chi connectivity index (χ0) is 23.3. The maximum absolute atomic E-state index is 12.9. The third kappa shape index (κ3) is 5.95. The molecule has 0 aliphatic carbocycles. The van der Waals surface area contributed by atoms with Crippen LogP contribution in [-0.2, 0) is 5.75 Å². The highest BCUT2D eigenvalue weighted by Gasteiger charge is 2.17. The average molecular weight is 448 g/mol. The fraction of sp³-hybridized carbons (Fsp3) is 0.321. The second-order valence-electron chi connectivity index (χ2n) is 8.60. The van der Waals surface area contributed by atoms with Crippen LogP contribution in [0.2, 0.25) is 0 Å². The van der Waals surface area contributed by atoms with Crippen LogP contribution < -0.4 is 10.1 Å². The molecule has 1 unspecified atom stereocenters. The van der Waals surface area contributed by atoms with E-state index >= 15 is 0 Å². The molecule has 0 fully saturated rings. The summed E-state index contributed by atoms with van der Waals surface area (Å²) in [5, 5.41) is 3.15. The Morgan fingerprint density at radius 1 is 0.938 bits per heavy atom. The molecule has 3 rings (SSSR count). The van der Waals surface area contributed by atoms with Crippen molar-refractivity contribution in [2.24, 2.45) is 0 Å². The van der Waals surface area contributed by atoms with Crippen molar-refractivity contribution in [2.75, 3.05) is 7.11 Å². The number of methoxy groups -OCH3 is 1. The van der Waals surface area contributed by atoms with E-state index in [1.807, 2.05) is 31.2 Å². The molecule has 0 bridgehead atoms. The van der Waals surface area contributed by atoms with Crippen LogP contribution in [0.4, 0.5) is 0 Å². The lowest BCUT2D eigenvalue weighted by Crippen LogP contribution is -2.27. The van der Waals surface area contributed by atoms with Gasteiger partial charge < -0.3 is 10.1 Å².